The van der Waals surface area contributed by atoms with Gasteiger partial charge in [0, 0.05) is 32.6 Å². The van der Waals surface area contributed by atoms with Crippen LogP contribution in [0.3, 0.4) is 0 Å². The molecule has 108 valence electrons. The van der Waals surface area contributed by atoms with E-state index in [2.05, 4.69) is 32.9 Å². The van der Waals surface area contributed by atoms with E-state index in [0.29, 0.717) is 12.6 Å². The molecule has 0 bridgehead atoms. The number of nitrogens with zero attached hydrogens (tertiary/aromatic N) is 3. The Labute approximate surface area is 135 Å². The molecule has 0 aliphatic heterocycles. The predicted molar refractivity (Wildman–Crippen MR) is 92.8 cm³/mol. The van der Waals surface area contributed by atoms with Crippen molar-refractivity contribution in [2.45, 2.75) is 25.9 Å². The van der Waals surface area contributed by atoms with Gasteiger partial charge in [0.1, 0.15) is 0 Å². The minimum Gasteiger partial charge on any atom is -0.354 e. The minimum atomic E-state index is 0. The van der Waals surface area contributed by atoms with Crippen molar-refractivity contribution in [2.24, 2.45) is 10.9 Å². The first kappa shape index (κ1) is 16.5. The fourth-order valence-corrected chi connectivity index (χ4v) is 2.41. The van der Waals surface area contributed by atoms with Gasteiger partial charge < -0.3 is 15.5 Å². The molecule has 1 saturated carbocycles. The summed E-state index contributed by atoms with van der Waals surface area (Å²) in [6.07, 6.45) is 1.24. The Balaban J connectivity index is 0.00000180. The maximum atomic E-state index is 4.52. The number of rotatable bonds is 4. The number of nitrogens with one attached hydrogen (secondary N) is 2. The molecule has 0 amide bonds. The molecule has 1 aromatic heterocycles. The number of halogens is 1. The molecule has 0 saturated heterocycles. The molecule has 2 N–H and O–H groups in total. The predicted octanol–water partition coefficient (Wildman–Crippen LogP) is 1.90. The van der Waals surface area contributed by atoms with Gasteiger partial charge in [0.15, 0.2) is 11.1 Å². The molecule has 1 fully saturated rings. The molecule has 5 nitrogen and oxygen atoms in total. The van der Waals surface area contributed by atoms with Gasteiger partial charge in [0.25, 0.3) is 0 Å². The molecule has 1 aliphatic rings. The average Bonchev–Trinajstić information content (AvgIpc) is 2.84. The fourth-order valence-electron chi connectivity index (χ4n) is 1.65. The fraction of sp³-hybridized carbons (Fsp3) is 0.667. The lowest BCUT2D eigenvalue weighted by atomic mass is 10.4. The van der Waals surface area contributed by atoms with Gasteiger partial charge in [-0.1, -0.05) is 6.92 Å². The van der Waals surface area contributed by atoms with Crippen LogP contribution in [-0.4, -0.2) is 38.1 Å². The zero-order valence-electron chi connectivity index (χ0n) is 11.8. The normalized spacial score (nSPS) is 21.6. The van der Waals surface area contributed by atoms with Crippen LogP contribution in [0, 0.1) is 5.92 Å². The van der Waals surface area contributed by atoms with Crippen molar-refractivity contribution in [1.29, 1.82) is 0 Å². The Bertz CT molecular complexity index is 432. The largest absolute Gasteiger partial charge is 0.354 e. The summed E-state index contributed by atoms with van der Waals surface area (Å²) in [7, 11) is 5.81. The van der Waals surface area contributed by atoms with Crippen LogP contribution >= 0.6 is 35.3 Å². The lowest BCUT2D eigenvalue weighted by Gasteiger charge is -2.10. The summed E-state index contributed by atoms with van der Waals surface area (Å²) in [5, 5.41) is 9.80. The zero-order valence-corrected chi connectivity index (χ0v) is 15.0. The number of hydrogen-bond acceptors (Lipinski definition) is 4. The SMILES string of the molecule is CN=C(NCc1csc(N(C)C)n1)NC1CC1C.I. The van der Waals surface area contributed by atoms with Crippen LogP contribution in [0.4, 0.5) is 5.13 Å². The van der Waals surface area contributed by atoms with Crippen molar-refractivity contribution in [3.05, 3.63) is 11.1 Å². The first-order valence-corrected chi connectivity index (χ1v) is 7.07. The van der Waals surface area contributed by atoms with Crippen LogP contribution < -0.4 is 15.5 Å². The molecular weight excluding hydrogens is 373 g/mol. The van der Waals surface area contributed by atoms with Crippen LogP contribution in [0.1, 0.15) is 19.0 Å². The third kappa shape index (κ3) is 4.79. The van der Waals surface area contributed by atoms with E-state index in [9.17, 15) is 0 Å². The number of thiazole rings is 1. The Morgan fingerprint density at radius 1 is 1.58 bits per heavy atom. The summed E-state index contributed by atoms with van der Waals surface area (Å²) < 4.78 is 0. The standard InChI is InChI=1S/C12H21N5S.HI/c1-8-5-10(8)16-11(13-2)14-6-9-7-18-12(15-9)17(3)4;/h7-8,10H,5-6H2,1-4H3,(H2,13,14,16);1H. The van der Waals surface area contributed by atoms with Gasteiger partial charge in [-0.25, -0.2) is 4.98 Å². The van der Waals surface area contributed by atoms with Crippen molar-refractivity contribution in [2.75, 3.05) is 26.0 Å². The average molecular weight is 395 g/mol. The molecule has 0 radical (unpaired) electrons. The Morgan fingerprint density at radius 3 is 2.74 bits per heavy atom. The van der Waals surface area contributed by atoms with E-state index in [1.54, 1.807) is 18.4 Å². The van der Waals surface area contributed by atoms with Crippen LogP contribution in [0.25, 0.3) is 0 Å². The minimum absolute atomic E-state index is 0. The molecule has 1 aromatic rings. The summed E-state index contributed by atoms with van der Waals surface area (Å²) in [6.45, 7) is 2.96. The zero-order chi connectivity index (χ0) is 13.1. The monoisotopic (exact) mass is 395 g/mol. The van der Waals surface area contributed by atoms with Crippen LogP contribution in [0.2, 0.25) is 0 Å². The van der Waals surface area contributed by atoms with Gasteiger partial charge in [-0.3, -0.25) is 4.99 Å². The van der Waals surface area contributed by atoms with Crippen molar-refractivity contribution >= 4 is 46.4 Å². The van der Waals surface area contributed by atoms with Crippen molar-refractivity contribution in [1.82, 2.24) is 15.6 Å². The van der Waals surface area contributed by atoms with E-state index in [-0.39, 0.29) is 24.0 Å². The lowest BCUT2D eigenvalue weighted by Crippen LogP contribution is -2.38. The van der Waals surface area contributed by atoms with E-state index in [4.69, 9.17) is 0 Å². The number of guanidine groups is 1. The Morgan fingerprint density at radius 2 is 2.26 bits per heavy atom. The van der Waals surface area contributed by atoms with Crippen molar-refractivity contribution in [3.63, 3.8) is 0 Å². The first-order valence-electron chi connectivity index (χ1n) is 6.19. The number of hydrogen-bond donors (Lipinski definition) is 2. The molecule has 7 heteroatoms. The van der Waals surface area contributed by atoms with Gasteiger partial charge in [0.2, 0.25) is 0 Å². The highest BCUT2D eigenvalue weighted by molar-refractivity contribution is 14.0. The molecule has 1 heterocycles. The van der Waals surface area contributed by atoms with Crippen LogP contribution in [0.5, 0.6) is 0 Å². The molecular formula is C12H22IN5S. The second-order valence-corrected chi connectivity index (χ2v) is 5.74. The molecule has 2 unspecified atom stereocenters. The molecule has 0 aromatic carbocycles. The summed E-state index contributed by atoms with van der Waals surface area (Å²) in [5.74, 6) is 1.63. The molecule has 1 aliphatic carbocycles. The number of anilines is 1. The third-order valence-electron chi connectivity index (χ3n) is 3.01. The number of aromatic nitrogens is 1. The summed E-state index contributed by atoms with van der Waals surface area (Å²) >= 11 is 1.66. The highest BCUT2D eigenvalue weighted by Crippen LogP contribution is 2.28. The highest BCUT2D eigenvalue weighted by Gasteiger charge is 2.33. The van der Waals surface area contributed by atoms with Crippen LogP contribution in [0.15, 0.2) is 10.4 Å². The van der Waals surface area contributed by atoms with Gasteiger partial charge in [-0.15, -0.1) is 35.3 Å². The first-order chi connectivity index (χ1) is 8.60. The maximum absolute atomic E-state index is 4.52. The van der Waals surface area contributed by atoms with Crippen molar-refractivity contribution in [3.8, 4) is 0 Å². The van der Waals surface area contributed by atoms with E-state index in [1.807, 2.05) is 19.0 Å². The lowest BCUT2D eigenvalue weighted by molar-refractivity contribution is 0.758. The van der Waals surface area contributed by atoms with Crippen molar-refractivity contribution < 1.29 is 0 Å². The van der Waals surface area contributed by atoms with E-state index >= 15 is 0 Å². The summed E-state index contributed by atoms with van der Waals surface area (Å²) in [4.78, 5) is 10.8. The maximum Gasteiger partial charge on any atom is 0.191 e. The second kappa shape index (κ2) is 7.28. The molecule has 2 rings (SSSR count). The van der Waals surface area contributed by atoms with E-state index in [1.165, 1.54) is 6.42 Å². The van der Waals surface area contributed by atoms with Gasteiger partial charge >= 0.3 is 0 Å². The Hall–Kier alpha value is -0.570. The molecule has 19 heavy (non-hydrogen) atoms. The Kier molecular flexibility index (Phi) is 6.31. The van der Waals surface area contributed by atoms with Gasteiger partial charge in [0.05, 0.1) is 12.2 Å². The summed E-state index contributed by atoms with van der Waals surface area (Å²) in [6, 6.07) is 0.587. The third-order valence-corrected chi connectivity index (χ3v) is 4.07. The highest BCUT2D eigenvalue weighted by atomic mass is 127. The van der Waals surface area contributed by atoms with Crippen LogP contribution in [-0.2, 0) is 6.54 Å². The molecule has 0 spiro atoms. The molecule has 2 atom stereocenters. The second-order valence-electron chi connectivity index (χ2n) is 4.91. The van der Waals surface area contributed by atoms with Gasteiger partial charge in [-0.2, -0.15) is 0 Å². The summed E-state index contributed by atoms with van der Waals surface area (Å²) in [5.41, 5.74) is 1.05. The van der Waals surface area contributed by atoms with E-state index in [0.717, 1.165) is 22.7 Å². The topological polar surface area (TPSA) is 52.6 Å². The van der Waals surface area contributed by atoms with E-state index < -0.39 is 0 Å². The number of aliphatic imine (C=N–C) groups is 1. The smallest absolute Gasteiger partial charge is 0.191 e. The quantitative estimate of drug-likeness (QED) is 0.465. The van der Waals surface area contributed by atoms with Gasteiger partial charge in [-0.05, 0) is 12.3 Å².